The van der Waals surface area contributed by atoms with Crippen molar-refractivity contribution in [3.8, 4) is 11.5 Å². The lowest BCUT2D eigenvalue weighted by atomic mass is 10.1. The van der Waals surface area contributed by atoms with Gasteiger partial charge in [-0.3, -0.25) is 9.59 Å². The maximum atomic E-state index is 12.4. The number of nitrogens with one attached hydrogen (secondary N) is 1. The lowest BCUT2D eigenvalue weighted by Gasteiger charge is -2.15. The summed E-state index contributed by atoms with van der Waals surface area (Å²) in [6.45, 7) is 1.72. The number of carbonyl (C=O) groups is 2. The van der Waals surface area contributed by atoms with Crippen LogP contribution < -0.4 is 19.1 Å². The summed E-state index contributed by atoms with van der Waals surface area (Å²) in [6.07, 6.45) is 0. The standard InChI is InChI=1S/C18H16N2O6S/c1-11-9-27(23,24)20(18(11)22)14-5-2-12(3-6-14)17(21)19-13-4-7-15-16(8-13)26-10-25-15/h2-8,11H,9-10H2,1H3,(H,19,21). The highest BCUT2D eigenvalue weighted by molar-refractivity contribution is 7.94. The third-order valence-electron chi connectivity index (χ3n) is 4.35. The lowest BCUT2D eigenvalue weighted by Crippen LogP contribution is -2.30. The summed E-state index contributed by atoms with van der Waals surface area (Å²) in [5, 5.41) is 2.74. The first-order valence-corrected chi connectivity index (χ1v) is 9.84. The molecule has 27 heavy (non-hydrogen) atoms. The van der Waals surface area contributed by atoms with Crippen molar-refractivity contribution in [2.75, 3.05) is 22.2 Å². The van der Waals surface area contributed by atoms with Gasteiger partial charge in [0.05, 0.1) is 17.4 Å². The zero-order chi connectivity index (χ0) is 19.2. The van der Waals surface area contributed by atoms with Crippen molar-refractivity contribution in [3.63, 3.8) is 0 Å². The fourth-order valence-corrected chi connectivity index (χ4v) is 4.83. The van der Waals surface area contributed by atoms with E-state index < -0.39 is 21.8 Å². The molecule has 1 atom stereocenters. The maximum absolute atomic E-state index is 12.4. The summed E-state index contributed by atoms with van der Waals surface area (Å²) < 4.78 is 35.6. The second kappa shape index (κ2) is 6.27. The Bertz CT molecular complexity index is 1030. The Morgan fingerprint density at radius 1 is 1.11 bits per heavy atom. The normalized spacial score (nSPS) is 20.0. The van der Waals surface area contributed by atoms with Crippen molar-refractivity contribution in [2.45, 2.75) is 6.92 Å². The molecule has 0 aromatic heterocycles. The number of benzene rings is 2. The van der Waals surface area contributed by atoms with Gasteiger partial charge in [0.2, 0.25) is 22.7 Å². The van der Waals surface area contributed by atoms with Crippen molar-refractivity contribution in [2.24, 2.45) is 5.92 Å². The van der Waals surface area contributed by atoms with Gasteiger partial charge in [-0.2, -0.15) is 0 Å². The first-order valence-electron chi connectivity index (χ1n) is 8.23. The van der Waals surface area contributed by atoms with Crippen LogP contribution in [0, 0.1) is 5.92 Å². The molecule has 2 heterocycles. The molecule has 1 saturated heterocycles. The fraction of sp³-hybridized carbons (Fsp3) is 0.222. The zero-order valence-electron chi connectivity index (χ0n) is 14.3. The summed E-state index contributed by atoms with van der Waals surface area (Å²) in [5.41, 5.74) is 1.09. The number of hydrogen-bond acceptors (Lipinski definition) is 6. The van der Waals surface area contributed by atoms with E-state index in [4.69, 9.17) is 9.47 Å². The van der Waals surface area contributed by atoms with Crippen LogP contribution in [0.15, 0.2) is 42.5 Å². The predicted molar refractivity (Wildman–Crippen MR) is 97.4 cm³/mol. The van der Waals surface area contributed by atoms with E-state index in [-0.39, 0.29) is 24.1 Å². The second-order valence-electron chi connectivity index (χ2n) is 6.35. The average molecular weight is 388 g/mol. The SMILES string of the molecule is CC1CS(=O)(=O)N(c2ccc(C(=O)Nc3ccc4c(c3)OCO4)cc2)C1=O. The van der Waals surface area contributed by atoms with Gasteiger partial charge in [0, 0.05) is 17.3 Å². The van der Waals surface area contributed by atoms with Gasteiger partial charge in [-0.25, -0.2) is 12.7 Å². The Labute approximate surface area is 155 Å². The van der Waals surface area contributed by atoms with Gasteiger partial charge in [0.15, 0.2) is 11.5 Å². The van der Waals surface area contributed by atoms with E-state index in [0.29, 0.717) is 22.7 Å². The number of sulfonamides is 1. The molecule has 2 aliphatic heterocycles. The van der Waals surface area contributed by atoms with Crippen LogP contribution in [0.25, 0.3) is 0 Å². The van der Waals surface area contributed by atoms with E-state index in [9.17, 15) is 18.0 Å². The number of ether oxygens (including phenoxy) is 2. The highest BCUT2D eigenvalue weighted by Gasteiger charge is 2.41. The van der Waals surface area contributed by atoms with Crippen LogP contribution in [0.5, 0.6) is 11.5 Å². The zero-order valence-corrected chi connectivity index (χ0v) is 15.2. The number of carbonyl (C=O) groups excluding carboxylic acids is 2. The molecule has 1 unspecified atom stereocenters. The minimum Gasteiger partial charge on any atom is -0.454 e. The first-order chi connectivity index (χ1) is 12.8. The number of amides is 2. The summed E-state index contributed by atoms with van der Waals surface area (Å²) >= 11 is 0. The largest absolute Gasteiger partial charge is 0.454 e. The maximum Gasteiger partial charge on any atom is 0.255 e. The van der Waals surface area contributed by atoms with Gasteiger partial charge in [-0.05, 0) is 36.4 Å². The van der Waals surface area contributed by atoms with Crippen LogP contribution in [0.3, 0.4) is 0 Å². The number of anilines is 2. The van der Waals surface area contributed by atoms with Gasteiger partial charge in [-0.1, -0.05) is 6.92 Å². The van der Waals surface area contributed by atoms with E-state index in [0.717, 1.165) is 4.31 Å². The molecule has 2 aliphatic rings. The van der Waals surface area contributed by atoms with E-state index in [1.165, 1.54) is 24.3 Å². The molecule has 2 aromatic carbocycles. The van der Waals surface area contributed by atoms with E-state index in [1.54, 1.807) is 25.1 Å². The lowest BCUT2D eigenvalue weighted by molar-refractivity contribution is -0.119. The topological polar surface area (TPSA) is 102 Å². The summed E-state index contributed by atoms with van der Waals surface area (Å²) in [5.74, 6) is -0.461. The van der Waals surface area contributed by atoms with Crippen molar-refractivity contribution in [3.05, 3.63) is 48.0 Å². The van der Waals surface area contributed by atoms with Crippen molar-refractivity contribution >= 4 is 33.2 Å². The summed E-state index contributed by atoms with van der Waals surface area (Å²) in [7, 11) is -3.67. The number of nitrogens with zero attached hydrogens (tertiary/aromatic N) is 1. The monoisotopic (exact) mass is 388 g/mol. The van der Waals surface area contributed by atoms with Crippen LogP contribution in [-0.4, -0.2) is 32.8 Å². The Hall–Kier alpha value is -3.07. The van der Waals surface area contributed by atoms with Crippen LogP contribution in [-0.2, 0) is 14.8 Å². The first kappa shape index (κ1) is 17.3. The second-order valence-corrected chi connectivity index (χ2v) is 8.21. The van der Waals surface area contributed by atoms with E-state index in [2.05, 4.69) is 5.32 Å². The third-order valence-corrected chi connectivity index (χ3v) is 6.22. The Morgan fingerprint density at radius 2 is 1.81 bits per heavy atom. The molecule has 4 rings (SSSR count). The van der Waals surface area contributed by atoms with Gasteiger partial charge in [0.1, 0.15) is 0 Å². The Balaban J connectivity index is 1.52. The molecule has 9 heteroatoms. The molecule has 1 N–H and O–H groups in total. The molecule has 0 radical (unpaired) electrons. The van der Waals surface area contributed by atoms with E-state index in [1.807, 2.05) is 0 Å². The molecular formula is C18H16N2O6S. The van der Waals surface area contributed by atoms with Crippen molar-refractivity contribution in [1.82, 2.24) is 0 Å². The molecular weight excluding hydrogens is 372 g/mol. The Morgan fingerprint density at radius 3 is 2.48 bits per heavy atom. The van der Waals surface area contributed by atoms with Crippen molar-refractivity contribution < 1.29 is 27.5 Å². The molecule has 1 fully saturated rings. The molecule has 0 bridgehead atoms. The molecule has 2 amide bonds. The van der Waals surface area contributed by atoms with Crippen LogP contribution in [0.2, 0.25) is 0 Å². The molecule has 0 saturated carbocycles. The van der Waals surface area contributed by atoms with Crippen LogP contribution >= 0.6 is 0 Å². The summed E-state index contributed by atoms with van der Waals surface area (Å²) in [6, 6.07) is 10.9. The number of rotatable bonds is 3. The fourth-order valence-electron chi connectivity index (χ4n) is 3.01. The third kappa shape index (κ3) is 3.10. The molecule has 0 spiro atoms. The minimum atomic E-state index is -3.67. The average Bonchev–Trinajstić information content (AvgIpc) is 3.16. The Kier molecular flexibility index (Phi) is 4.03. The van der Waals surface area contributed by atoms with Gasteiger partial charge < -0.3 is 14.8 Å². The molecule has 2 aromatic rings. The highest BCUT2D eigenvalue weighted by Crippen LogP contribution is 2.34. The highest BCUT2D eigenvalue weighted by atomic mass is 32.2. The minimum absolute atomic E-state index is 0.144. The van der Waals surface area contributed by atoms with Gasteiger partial charge in [0.25, 0.3) is 5.91 Å². The van der Waals surface area contributed by atoms with Gasteiger partial charge in [-0.15, -0.1) is 0 Å². The van der Waals surface area contributed by atoms with E-state index >= 15 is 0 Å². The molecule has 140 valence electrons. The molecule has 0 aliphatic carbocycles. The number of fused-ring (bicyclic) bond motifs is 1. The van der Waals surface area contributed by atoms with Crippen LogP contribution in [0.4, 0.5) is 11.4 Å². The quantitative estimate of drug-likeness (QED) is 0.863. The van der Waals surface area contributed by atoms with Crippen LogP contribution in [0.1, 0.15) is 17.3 Å². The van der Waals surface area contributed by atoms with Crippen molar-refractivity contribution in [1.29, 1.82) is 0 Å². The number of hydrogen-bond donors (Lipinski definition) is 1. The predicted octanol–water partition coefficient (Wildman–Crippen LogP) is 1.98. The summed E-state index contributed by atoms with van der Waals surface area (Å²) in [4.78, 5) is 24.5. The smallest absolute Gasteiger partial charge is 0.255 e. The van der Waals surface area contributed by atoms with Gasteiger partial charge >= 0.3 is 0 Å². The molecule has 8 nitrogen and oxygen atoms in total.